The first-order chi connectivity index (χ1) is 36.9. The van der Waals surface area contributed by atoms with Gasteiger partial charge in [-0.3, -0.25) is 18.6 Å². The van der Waals surface area contributed by atoms with E-state index in [9.17, 15) is 44.6 Å². The van der Waals surface area contributed by atoms with E-state index >= 15 is 0 Å². The maximum absolute atomic E-state index is 12.9. The van der Waals surface area contributed by atoms with E-state index in [1.807, 2.05) is 0 Å². The molecule has 1 aliphatic rings. The molecule has 0 saturated heterocycles. The first-order valence-electron chi connectivity index (χ1n) is 30.9. The van der Waals surface area contributed by atoms with Crippen molar-refractivity contribution in [2.24, 2.45) is 0 Å². The fraction of sp³-hybridized carbons (Fsp3) is 0.839. The summed E-state index contributed by atoms with van der Waals surface area (Å²) in [4.78, 5) is 36.1. The summed E-state index contributed by atoms with van der Waals surface area (Å²) in [6.45, 7) is 3.25. The lowest BCUT2D eigenvalue weighted by atomic mass is 9.85. The standard InChI is InChI=1S/C62H113O13P/c1-3-5-7-9-11-13-15-17-19-21-23-25-27-29-30-32-34-36-38-40-42-44-46-48-50-55(63)72-52-54(53-73-76(70,71)75-62-60(68)58(66)57(65)59(67)61(62)69)74-56(64)51-49-47-45-43-41-39-37-35-33-31-28-26-24-22-20-18-16-14-12-10-8-6-4-2/h6,8,12,14,18,20,24,26,54,57-62,65-69H,3-5,7,9-11,13,15-17,19,21-23,25,27-53H2,1-2H3,(H,70,71)/b8-6-,14-12-,20-18-,26-24-. The van der Waals surface area contributed by atoms with Gasteiger partial charge in [-0.2, -0.15) is 0 Å². The van der Waals surface area contributed by atoms with Crippen molar-refractivity contribution < 1.29 is 63.1 Å². The molecule has 13 nitrogen and oxygen atoms in total. The number of phosphoric ester groups is 1. The molecule has 0 spiro atoms. The van der Waals surface area contributed by atoms with Gasteiger partial charge < -0.3 is 39.9 Å². The lowest BCUT2D eigenvalue weighted by molar-refractivity contribution is -0.220. The van der Waals surface area contributed by atoms with Crippen LogP contribution in [-0.4, -0.2) is 98.3 Å². The highest BCUT2D eigenvalue weighted by Crippen LogP contribution is 2.47. The van der Waals surface area contributed by atoms with Gasteiger partial charge in [-0.15, -0.1) is 0 Å². The van der Waals surface area contributed by atoms with Crippen LogP contribution in [0.3, 0.4) is 0 Å². The van der Waals surface area contributed by atoms with Crippen molar-refractivity contribution in [2.75, 3.05) is 13.2 Å². The summed E-state index contributed by atoms with van der Waals surface area (Å²) in [7, 11) is -5.13. The number of carbonyl (C=O) groups excluding carboxylic acids is 2. The molecule has 444 valence electrons. The average molecular weight is 1100 g/mol. The fourth-order valence-corrected chi connectivity index (χ4v) is 10.5. The molecule has 0 aromatic carbocycles. The Hall–Kier alpha value is -2.19. The summed E-state index contributed by atoms with van der Waals surface area (Å²) in [5, 5.41) is 50.5. The molecule has 0 bridgehead atoms. The number of rotatable bonds is 53. The molecule has 0 heterocycles. The van der Waals surface area contributed by atoms with Gasteiger partial charge in [0.15, 0.2) is 6.10 Å². The first kappa shape index (κ1) is 71.8. The Balaban J connectivity index is 2.29. The van der Waals surface area contributed by atoms with Gasteiger partial charge in [-0.25, -0.2) is 4.57 Å². The Bertz CT molecular complexity index is 1500. The highest BCUT2D eigenvalue weighted by molar-refractivity contribution is 7.47. The molecule has 0 amide bonds. The number of phosphoric acid groups is 1. The minimum absolute atomic E-state index is 0.0924. The van der Waals surface area contributed by atoms with Crippen LogP contribution < -0.4 is 0 Å². The summed E-state index contributed by atoms with van der Waals surface area (Å²) in [6, 6.07) is 0. The highest BCUT2D eigenvalue weighted by atomic mass is 31.2. The molecule has 0 aromatic rings. The van der Waals surface area contributed by atoms with Crippen molar-refractivity contribution in [3.63, 3.8) is 0 Å². The second kappa shape index (κ2) is 51.0. The van der Waals surface area contributed by atoms with Crippen molar-refractivity contribution in [3.05, 3.63) is 48.6 Å². The third-order valence-electron chi connectivity index (χ3n) is 14.4. The second-order valence-electron chi connectivity index (χ2n) is 21.5. The summed E-state index contributed by atoms with van der Waals surface area (Å²) in [5.41, 5.74) is 0. The average Bonchev–Trinajstić information content (AvgIpc) is 3.40. The topological polar surface area (TPSA) is 210 Å². The van der Waals surface area contributed by atoms with E-state index in [2.05, 4.69) is 62.5 Å². The smallest absolute Gasteiger partial charge is 0.462 e. The van der Waals surface area contributed by atoms with Gasteiger partial charge in [0.2, 0.25) is 0 Å². The van der Waals surface area contributed by atoms with Gasteiger partial charge in [0.25, 0.3) is 0 Å². The largest absolute Gasteiger partial charge is 0.472 e. The van der Waals surface area contributed by atoms with Crippen molar-refractivity contribution in [3.8, 4) is 0 Å². The Morgan fingerprint density at radius 1 is 0.421 bits per heavy atom. The molecule has 76 heavy (non-hydrogen) atoms. The monoisotopic (exact) mass is 1100 g/mol. The zero-order chi connectivity index (χ0) is 55.6. The number of esters is 2. The Morgan fingerprint density at radius 3 is 1.14 bits per heavy atom. The lowest BCUT2D eigenvalue weighted by Gasteiger charge is -2.41. The molecule has 6 unspecified atom stereocenters. The van der Waals surface area contributed by atoms with Crippen LogP contribution in [0.25, 0.3) is 0 Å². The van der Waals surface area contributed by atoms with E-state index in [1.165, 1.54) is 161 Å². The number of carbonyl (C=O) groups is 2. The molecule has 0 aromatic heterocycles. The molecule has 6 N–H and O–H groups in total. The van der Waals surface area contributed by atoms with E-state index in [0.29, 0.717) is 12.8 Å². The SMILES string of the molecule is CC/C=C\C/C=C\C/C=C\C/C=C\CCCCCCCCCCCCC(=O)OC(COC(=O)CCCCCCCCCCCCCCCCCCCCCCCCCC)COP(=O)(O)OC1C(O)C(O)C(O)C(O)C1O. The van der Waals surface area contributed by atoms with Crippen LogP contribution in [-0.2, 0) is 32.7 Å². The van der Waals surface area contributed by atoms with Crippen LogP contribution in [0.15, 0.2) is 48.6 Å². The summed E-state index contributed by atoms with van der Waals surface area (Å²) < 4.78 is 33.8. The number of unbranched alkanes of at least 4 members (excludes halogenated alkanes) is 33. The summed E-state index contributed by atoms with van der Waals surface area (Å²) >= 11 is 0. The van der Waals surface area contributed by atoms with Crippen molar-refractivity contribution in [2.45, 2.75) is 320 Å². The Kier molecular flexibility index (Phi) is 48.2. The van der Waals surface area contributed by atoms with Crippen molar-refractivity contribution in [1.82, 2.24) is 0 Å². The number of allylic oxidation sites excluding steroid dienone is 8. The molecule has 6 atom stereocenters. The quantitative estimate of drug-likeness (QED) is 0.0145. The van der Waals surface area contributed by atoms with Gasteiger partial charge in [0, 0.05) is 12.8 Å². The third-order valence-corrected chi connectivity index (χ3v) is 15.4. The van der Waals surface area contributed by atoms with Gasteiger partial charge in [-0.1, -0.05) is 262 Å². The number of ether oxygens (including phenoxy) is 2. The molecule has 1 aliphatic carbocycles. The van der Waals surface area contributed by atoms with Crippen LogP contribution in [0.1, 0.15) is 277 Å². The van der Waals surface area contributed by atoms with E-state index in [1.54, 1.807) is 0 Å². The zero-order valence-electron chi connectivity index (χ0n) is 48.1. The Labute approximate surface area is 462 Å². The minimum atomic E-state index is -5.13. The molecule has 1 fully saturated rings. The van der Waals surface area contributed by atoms with E-state index in [0.717, 1.165) is 77.0 Å². The molecule has 0 aliphatic heterocycles. The van der Waals surface area contributed by atoms with Crippen LogP contribution in [0, 0.1) is 0 Å². The number of hydrogen-bond acceptors (Lipinski definition) is 12. The van der Waals surface area contributed by atoms with E-state index in [-0.39, 0.29) is 12.8 Å². The number of aliphatic hydroxyl groups is 5. The van der Waals surface area contributed by atoms with Crippen LogP contribution in [0.2, 0.25) is 0 Å². The van der Waals surface area contributed by atoms with Crippen LogP contribution in [0.5, 0.6) is 0 Å². The third kappa shape index (κ3) is 41.8. The van der Waals surface area contributed by atoms with Crippen LogP contribution >= 0.6 is 7.82 Å². The number of aliphatic hydroxyl groups excluding tert-OH is 5. The normalized spacial score (nSPS) is 20.4. The molecular weight excluding hydrogens is 984 g/mol. The predicted molar refractivity (Wildman–Crippen MR) is 309 cm³/mol. The van der Waals surface area contributed by atoms with Crippen molar-refractivity contribution >= 4 is 19.8 Å². The highest BCUT2D eigenvalue weighted by Gasteiger charge is 2.51. The fourth-order valence-electron chi connectivity index (χ4n) is 9.58. The van der Waals surface area contributed by atoms with Gasteiger partial charge in [0.05, 0.1) is 6.61 Å². The van der Waals surface area contributed by atoms with E-state index in [4.69, 9.17) is 18.5 Å². The second-order valence-corrected chi connectivity index (χ2v) is 22.9. The van der Waals surface area contributed by atoms with Crippen LogP contribution in [0.4, 0.5) is 0 Å². The predicted octanol–water partition coefficient (Wildman–Crippen LogP) is 15.0. The molecule has 1 saturated carbocycles. The van der Waals surface area contributed by atoms with Gasteiger partial charge in [0.1, 0.15) is 43.2 Å². The molecule has 14 heteroatoms. The maximum atomic E-state index is 12.9. The molecule has 0 radical (unpaired) electrons. The van der Waals surface area contributed by atoms with Gasteiger partial charge in [-0.05, 0) is 51.4 Å². The first-order valence-corrected chi connectivity index (χ1v) is 32.4. The zero-order valence-corrected chi connectivity index (χ0v) is 48.9. The summed E-state index contributed by atoms with van der Waals surface area (Å²) in [6.07, 6.45) is 51.6. The van der Waals surface area contributed by atoms with Crippen molar-refractivity contribution in [1.29, 1.82) is 0 Å². The van der Waals surface area contributed by atoms with E-state index < -0.39 is 75.7 Å². The van der Waals surface area contributed by atoms with Gasteiger partial charge >= 0.3 is 19.8 Å². The Morgan fingerprint density at radius 2 is 0.750 bits per heavy atom. The lowest BCUT2D eigenvalue weighted by Crippen LogP contribution is -2.64. The molecule has 1 rings (SSSR count). The number of hydrogen-bond donors (Lipinski definition) is 6. The molecular formula is C62H113O13P. The minimum Gasteiger partial charge on any atom is -0.462 e. The maximum Gasteiger partial charge on any atom is 0.472 e. The summed E-state index contributed by atoms with van der Waals surface area (Å²) in [5.74, 6) is -1.09.